The Bertz CT molecular complexity index is 266. The van der Waals surface area contributed by atoms with E-state index in [2.05, 4.69) is 6.92 Å². The Morgan fingerprint density at radius 2 is 1.04 bits per heavy atom. The Balaban J connectivity index is 0.000000867. The Morgan fingerprint density at radius 1 is 0.654 bits per heavy atom. The van der Waals surface area contributed by atoms with Gasteiger partial charge in [-0.2, -0.15) is 0 Å². The summed E-state index contributed by atoms with van der Waals surface area (Å²) in [5, 5.41) is 8.52. The molecule has 156 valence electrons. The number of hydrogen-bond acceptors (Lipinski definition) is 1. The van der Waals surface area contributed by atoms with Crippen molar-refractivity contribution in [1.29, 1.82) is 0 Å². The van der Waals surface area contributed by atoms with Gasteiger partial charge in [-0.05, 0) is 6.42 Å². The van der Waals surface area contributed by atoms with Gasteiger partial charge in [-0.25, -0.2) is 0 Å². The third kappa shape index (κ3) is 23.7. The zero-order valence-corrected chi connectivity index (χ0v) is 19.3. The number of unbranched alkanes of at least 4 members (excludes halogenated alkanes) is 14. The van der Waals surface area contributed by atoms with E-state index in [4.69, 9.17) is 5.11 Å². The van der Waals surface area contributed by atoms with Crippen LogP contribution in [0.4, 0.5) is 0 Å². The Kier molecular flexibility index (Phi) is 22.5. The minimum Gasteiger partial charge on any atom is -0.481 e. The molecule has 0 aromatic rings. The molecule has 1 heterocycles. The zero-order valence-electron chi connectivity index (χ0n) is 17.9. The van der Waals surface area contributed by atoms with Gasteiger partial charge in [0.1, 0.15) is 0 Å². The number of carboxylic acids is 1. The minimum atomic E-state index is -0.653. The molecule has 0 spiro atoms. The highest BCUT2D eigenvalue weighted by Gasteiger charge is 1.97. The van der Waals surface area contributed by atoms with Gasteiger partial charge in [-0.15, -0.1) is 0 Å². The van der Waals surface area contributed by atoms with Crippen LogP contribution in [0.25, 0.3) is 0 Å². The van der Waals surface area contributed by atoms with Crippen LogP contribution in [0.15, 0.2) is 0 Å². The summed E-state index contributed by atoms with van der Waals surface area (Å²) in [4.78, 5) is 10.3. The standard InChI is InChI=1S/C18H36O2.C5H12Si/c1-2-3-4-5-6-7-8-9-10-11-12-13-14-15-16-17-18(19)20;1-2-4-6-5-3-1/h2-17H2,1H3,(H,19,20);1-6H2. The van der Waals surface area contributed by atoms with Gasteiger partial charge >= 0.3 is 5.97 Å². The SMILES string of the molecule is C1CC[SiH2]CC1.CCCCCCCCCCCCCCCCCC(=O)O. The molecule has 0 radical (unpaired) electrons. The van der Waals surface area contributed by atoms with E-state index in [0.717, 1.165) is 12.8 Å². The van der Waals surface area contributed by atoms with Gasteiger partial charge < -0.3 is 5.11 Å². The number of rotatable bonds is 16. The van der Waals surface area contributed by atoms with Crippen molar-refractivity contribution in [1.82, 2.24) is 0 Å². The van der Waals surface area contributed by atoms with Crippen LogP contribution < -0.4 is 0 Å². The average Bonchev–Trinajstić information content (AvgIpc) is 2.66. The summed E-state index contributed by atoms with van der Waals surface area (Å²) in [5.41, 5.74) is 0. The van der Waals surface area contributed by atoms with Crippen LogP contribution in [-0.4, -0.2) is 20.6 Å². The molecule has 1 N–H and O–H groups in total. The molecular weight excluding hydrogens is 336 g/mol. The van der Waals surface area contributed by atoms with Crippen molar-refractivity contribution in [3.05, 3.63) is 0 Å². The summed E-state index contributed by atoms with van der Waals surface area (Å²) in [7, 11) is 0.508. The molecule has 2 nitrogen and oxygen atoms in total. The highest BCUT2D eigenvalue weighted by Crippen LogP contribution is 2.13. The smallest absolute Gasteiger partial charge is 0.303 e. The number of carbonyl (C=O) groups is 1. The minimum absolute atomic E-state index is 0.345. The van der Waals surface area contributed by atoms with Crippen molar-refractivity contribution in [2.24, 2.45) is 0 Å². The van der Waals surface area contributed by atoms with Crippen molar-refractivity contribution in [3.63, 3.8) is 0 Å². The molecule has 26 heavy (non-hydrogen) atoms. The first kappa shape index (κ1) is 25.7. The quantitative estimate of drug-likeness (QED) is 0.221. The van der Waals surface area contributed by atoms with Gasteiger partial charge in [0.15, 0.2) is 0 Å². The Labute approximate surface area is 166 Å². The summed E-state index contributed by atoms with van der Waals surface area (Å²) in [6.45, 7) is 2.27. The summed E-state index contributed by atoms with van der Waals surface area (Å²) < 4.78 is 0. The molecule has 1 rings (SSSR count). The number of hydrogen-bond donors (Lipinski definition) is 1. The zero-order chi connectivity index (χ0) is 19.1. The largest absolute Gasteiger partial charge is 0.481 e. The van der Waals surface area contributed by atoms with E-state index in [1.807, 2.05) is 0 Å². The van der Waals surface area contributed by atoms with Crippen LogP contribution in [0.1, 0.15) is 129 Å². The lowest BCUT2D eigenvalue weighted by molar-refractivity contribution is -0.137. The summed E-state index contributed by atoms with van der Waals surface area (Å²) in [5.74, 6) is -0.653. The van der Waals surface area contributed by atoms with Crippen molar-refractivity contribution in [3.8, 4) is 0 Å². The monoisotopic (exact) mass is 384 g/mol. The van der Waals surface area contributed by atoms with Crippen molar-refractivity contribution >= 4 is 15.5 Å². The van der Waals surface area contributed by atoms with Gasteiger partial charge in [-0.1, -0.05) is 128 Å². The van der Waals surface area contributed by atoms with Crippen LogP contribution in [0.5, 0.6) is 0 Å². The highest BCUT2D eigenvalue weighted by atomic mass is 28.2. The van der Waals surface area contributed by atoms with Crippen LogP contribution in [0.2, 0.25) is 12.1 Å². The normalized spacial score (nSPS) is 13.9. The molecule has 1 fully saturated rings. The summed E-state index contributed by atoms with van der Waals surface area (Å²) in [6.07, 6.45) is 24.9. The predicted molar refractivity (Wildman–Crippen MR) is 119 cm³/mol. The van der Waals surface area contributed by atoms with E-state index in [1.165, 1.54) is 89.9 Å². The fourth-order valence-electron chi connectivity index (χ4n) is 3.71. The van der Waals surface area contributed by atoms with Gasteiger partial charge in [0.25, 0.3) is 0 Å². The second kappa shape index (κ2) is 22.7. The third-order valence-electron chi connectivity index (χ3n) is 5.49. The van der Waals surface area contributed by atoms with Crippen molar-refractivity contribution in [2.75, 3.05) is 0 Å². The molecule has 3 heteroatoms. The molecule has 0 saturated carbocycles. The lowest BCUT2D eigenvalue weighted by atomic mass is 10.0. The highest BCUT2D eigenvalue weighted by molar-refractivity contribution is 6.35. The summed E-state index contributed by atoms with van der Waals surface area (Å²) in [6, 6.07) is 3.28. The average molecular weight is 385 g/mol. The first-order valence-electron chi connectivity index (χ1n) is 12.0. The van der Waals surface area contributed by atoms with E-state index in [1.54, 1.807) is 24.9 Å². The van der Waals surface area contributed by atoms with E-state index >= 15 is 0 Å². The first-order chi connectivity index (χ1) is 12.8. The van der Waals surface area contributed by atoms with Crippen LogP contribution in [0.3, 0.4) is 0 Å². The van der Waals surface area contributed by atoms with E-state index in [-0.39, 0.29) is 0 Å². The Morgan fingerprint density at radius 3 is 1.31 bits per heavy atom. The lowest BCUT2D eigenvalue weighted by Gasteiger charge is -2.04. The second-order valence-corrected chi connectivity index (χ2v) is 10.3. The Hall–Kier alpha value is -0.313. The van der Waals surface area contributed by atoms with Gasteiger partial charge in [0, 0.05) is 15.9 Å². The molecule has 0 atom stereocenters. The van der Waals surface area contributed by atoms with Gasteiger partial charge in [0.05, 0.1) is 0 Å². The number of aliphatic carboxylic acids is 1. The lowest BCUT2D eigenvalue weighted by Crippen LogP contribution is -1.94. The fraction of sp³-hybridized carbons (Fsp3) is 0.957. The van der Waals surface area contributed by atoms with Crippen LogP contribution in [0, 0.1) is 0 Å². The van der Waals surface area contributed by atoms with E-state index in [0.29, 0.717) is 15.9 Å². The molecule has 0 bridgehead atoms. The van der Waals surface area contributed by atoms with Crippen LogP contribution >= 0.6 is 0 Å². The molecule has 0 amide bonds. The summed E-state index contributed by atoms with van der Waals surface area (Å²) >= 11 is 0. The third-order valence-corrected chi connectivity index (χ3v) is 7.49. The molecule has 1 aliphatic rings. The maximum Gasteiger partial charge on any atom is 0.303 e. The van der Waals surface area contributed by atoms with Crippen LogP contribution in [-0.2, 0) is 4.79 Å². The predicted octanol–water partition coefficient (Wildman–Crippen LogP) is 7.51. The van der Waals surface area contributed by atoms with E-state index in [9.17, 15) is 4.79 Å². The van der Waals surface area contributed by atoms with Crippen molar-refractivity contribution in [2.45, 2.75) is 141 Å². The molecule has 1 saturated heterocycles. The first-order valence-corrected chi connectivity index (χ1v) is 14.0. The van der Waals surface area contributed by atoms with E-state index < -0.39 is 5.97 Å². The molecule has 1 aliphatic heterocycles. The fourth-order valence-corrected chi connectivity index (χ4v) is 5.48. The molecule has 0 unspecified atom stereocenters. The number of carboxylic acid groups (broad SMARTS) is 1. The molecule has 0 aromatic heterocycles. The second-order valence-electron chi connectivity index (χ2n) is 8.21. The van der Waals surface area contributed by atoms with Gasteiger partial charge in [-0.3, -0.25) is 4.79 Å². The van der Waals surface area contributed by atoms with Crippen molar-refractivity contribution < 1.29 is 9.90 Å². The molecular formula is C23H48O2Si. The maximum atomic E-state index is 10.3. The van der Waals surface area contributed by atoms with Gasteiger partial charge in [0.2, 0.25) is 0 Å². The molecule has 0 aliphatic carbocycles. The molecule has 0 aromatic carbocycles. The topological polar surface area (TPSA) is 37.3 Å². The maximum absolute atomic E-state index is 10.3.